The summed E-state index contributed by atoms with van der Waals surface area (Å²) < 4.78 is 0.347. The minimum absolute atomic E-state index is 0.133. The normalized spacial score (nSPS) is 19.1. The number of hydrogen-bond acceptors (Lipinski definition) is 3. The Kier molecular flexibility index (Phi) is 7.55. The zero-order valence-corrected chi connectivity index (χ0v) is 15.6. The minimum atomic E-state index is 0.133. The topological polar surface area (TPSA) is 32.3 Å². The van der Waals surface area contributed by atoms with Crippen molar-refractivity contribution in [1.82, 2.24) is 10.2 Å². The fourth-order valence-electron chi connectivity index (χ4n) is 2.98. The van der Waals surface area contributed by atoms with E-state index in [1.807, 2.05) is 30.5 Å². The summed E-state index contributed by atoms with van der Waals surface area (Å²) in [5, 5.41) is 3.69. The molecule has 1 amide bonds. The summed E-state index contributed by atoms with van der Waals surface area (Å²) in [7, 11) is 0. The Labute approximate surface area is 135 Å². The standard InChI is InChI=1S/C17H34N2OS/c1-13(2)16(20)19-9-7-15(8-10-19)12-18-14(3)11-17(4,5)21-6/h13-15,18H,7-12H2,1-6H3. The van der Waals surface area contributed by atoms with Crippen LogP contribution in [-0.2, 0) is 4.79 Å². The maximum atomic E-state index is 12.0. The van der Waals surface area contributed by atoms with Crippen molar-refractivity contribution in [2.24, 2.45) is 11.8 Å². The number of likely N-dealkylation sites (tertiary alicyclic amines) is 1. The van der Waals surface area contributed by atoms with Crippen LogP contribution in [0.25, 0.3) is 0 Å². The number of rotatable bonds is 7. The van der Waals surface area contributed by atoms with E-state index in [2.05, 4.69) is 32.3 Å². The summed E-state index contributed by atoms with van der Waals surface area (Å²) in [6.07, 6.45) is 5.67. The van der Waals surface area contributed by atoms with Crippen LogP contribution in [0, 0.1) is 11.8 Å². The average Bonchev–Trinajstić information content (AvgIpc) is 2.44. The zero-order valence-electron chi connectivity index (χ0n) is 14.7. The van der Waals surface area contributed by atoms with Gasteiger partial charge in [-0.2, -0.15) is 11.8 Å². The second-order valence-electron chi connectivity index (χ2n) is 7.40. The fourth-order valence-corrected chi connectivity index (χ4v) is 3.40. The predicted molar refractivity (Wildman–Crippen MR) is 93.8 cm³/mol. The molecule has 4 heteroatoms. The molecule has 1 heterocycles. The molecule has 1 saturated heterocycles. The summed E-state index contributed by atoms with van der Waals surface area (Å²) in [4.78, 5) is 14.0. The molecule has 0 aromatic heterocycles. The summed E-state index contributed by atoms with van der Waals surface area (Å²) >= 11 is 1.94. The number of thioether (sulfide) groups is 1. The molecule has 21 heavy (non-hydrogen) atoms. The number of nitrogens with one attached hydrogen (secondary N) is 1. The molecule has 0 spiro atoms. The van der Waals surface area contributed by atoms with Gasteiger partial charge in [0.15, 0.2) is 0 Å². The molecule has 1 atom stereocenters. The van der Waals surface area contributed by atoms with Crippen LogP contribution in [0.5, 0.6) is 0 Å². The van der Waals surface area contributed by atoms with Gasteiger partial charge in [0.05, 0.1) is 0 Å². The average molecular weight is 315 g/mol. The molecule has 3 nitrogen and oxygen atoms in total. The second kappa shape index (κ2) is 8.42. The monoisotopic (exact) mass is 314 g/mol. The smallest absolute Gasteiger partial charge is 0.225 e. The molecule has 1 N–H and O–H groups in total. The highest BCUT2D eigenvalue weighted by Crippen LogP contribution is 2.27. The van der Waals surface area contributed by atoms with Gasteiger partial charge in [0.2, 0.25) is 5.91 Å². The van der Waals surface area contributed by atoms with Gasteiger partial charge in [-0.15, -0.1) is 0 Å². The van der Waals surface area contributed by atoms with E-state index in [1.54, 1.807) is 0 Å². The van der Waals surface area contributed by atoms with Gasteiger partial charge in [-0.25, -0.2) is 0 Å². The molecule has 0 bridgehead atoms. The molecule has 1 unspecified atom stereocenters. The highest BCUT2D eigenvalue weighted by Gasteiger charge is 2.25. The first-order valence-corrected chi connectivity index (χ1v) is 9.55. The third-order valence-corrected chi connectivity index (χ3v) is 5.80. The highest BCUT2D eigenvalue weighted by molar-refractivity contribution is 7.99. The summed E-state index contributed by atoms with van der Waals surface area (Å²) in [6.45, 7) is 13.9. The van der Waals surface area contributed by atoms with Crippen LogP contribution in [0.4, 0.5) is 0 Å². The van der Waals surface area contributed by atoms with Crippen LogP contribution in [-0.4, -0.2) is 47.5 Å². The molecule has 1 aliphatic heterocycles. The van der Waals surface area contributed by atoms with E-state index in [-0.39, 0.29) is 5.92 Å². The van der Waals surface area contributed by atoms with E-state index in [0.717, 1.165) is 38.4 Å². The van der Waals surface area contributed by atoms with Crippen LogP contribution >= 0.6 is 11.8 Å². The van der Waals surface area contributed by atoms with Crippen LogP contribution < -0.4 is 5.32 Å². The van der Waals surface area contributed by atoms with Gasteiger partial charge < -0.3 is 10.2 Å². The number of carbonyl (C=O) groups excluding carboxylic acids is 1. The van der Waals surface area contributed by atoms with E-state index in [4.69, 9.17) is 0 Å². The maximum absolute atomic E-state index is 12.0. The molecule has 0 aromatic carbocycles. The molecule has 1 rings (SSSR count). The second-order valence-corrected chi connectivity index (χ2v) is 8.91. The van der Waals surface area contributed by atoms with E-state index < -0.39 is 0 Å². The lowest BCUT2D eigenvalue weighted by atomic mass is 9.95. The lowest BCUT2D eigenvalue weighted by molar-refractivity contribution is -0.135. The summed E-state index contributed by atoms with van der Waals surface area (Å²) in [5.74, 6) is 1.17. The van der Waals surface area contributed by atoms with Gasteiger partial charge >= 0.3 is 0 Å². The van der Waals surface area contributed by atoms with Crippen molar-refractivity contribution in [3.05, 3.63) is 0 Å². The van der Waals surface area contributed by atoms with Crippen LogP contribution in [0.2, 0.25) is 0 Å². The number of amides is 1. The number of hydrogen-bond donors (Lipinski definition) is 1. The largest absolute Gasteiger partial charge is 0.342 e. The molecule has 0 saturated carbocycles. The van der Waals surface area contributed by atoms with Gasteiger partial charge in [0, 0.05) is 29.8 Å². The van der Waals surface area contributed by atoms with Gasteiger partial charge in [0.25, 0.3) is 0 Å². The number of carbonyl (C=O) groups is 1. The Hall–Kier alpha value is -0.220. The Morgan fingerprint density at radius 1 is 1.29 bits per heavy atom. The van der Waals surface area contributed by atoms with Gasteiger partial charge in [-0.05, 0) is 44.9 Å². The van der Waals surface area contributed by atoms with Crippen LogP contribution in [0.3, 0.4) is 0 Å². The molecular formula is C17H34N2OS. The first-order valence-electron chi connectivity index (χ1n) is 8.32. The van der Waals surface area contributed by atoms with Crippen LogP contribution in [0.1, 0.15) is 53.9 Å². The molecule has 1 aliphatic rings. The fraction of sp³-hybridized carbons (Fsp3) is 0.941. The van der Waals surface area contributed by atoms with Crippen molar-refractivity contribution in [2.75, 3.05) is 25.9 Å². The quantitative estimate of drug-likeness (QED) is 0.782. The lowest BCUT2D eigenvalue weighted by Crippen LogP contribution is -2.43. The molecular weight excluding hydrogens is 280 g/mol. The van der Waals surface area contributed by atoms with Gasteiger partial charge in [-0.1, -0.05) is 27.7 Å². The van der Waals surface area contributed by atoms with Crippen LogP contribution in [0.15, 0.2) is 0 Å². The van der Waals surface area contributed by atoms with Gasteiger partial charge in [-0.3, -0.25) is 4.79 Å². The Morgan fingerprint density at radius 3 is 2.33 bits per heavy atom. The Morgan fingerprint density at radius 2 is 1.86 bits per heavy atom. The van der Waals surface area contributed by atoms with Crippen molar-refractivity contribution in [2.45, 2.75) is 64.7 Å². The van der Waals surface area contributed by atoms with E-state index in [9.17, 15) is 4.79 Å². The van der Waals surface area contributed by atoms with Gasteiger partial charge in [0.1, 0.15) is 0 Å². The lowest BCUT2D eigenvalue weighted by Gasteiger charge is -2.34. The van der Waals surface area contributed by atoms with Crippen molar-refractivity contribution in [3.8, 4) is 0 Å². The summed E-state index contributed by atoms with van der Waals surface area (Å²) in [5.41, 5.74) is 0. The highest BCUT2D eigenvalue weighted by atomic mass is 32.2. The number of piperidine rings is 1. The first-order chi connectivity index (χ1) is 9.75. The third-order valence-electron chi connectivity index (χ3n) is 4.53. The Balaban J connectivity index is 2.26. The van der Waals surface area contributed by atoms with E-state index >= 15 is 0 Å². The molecule has 0 aliphatic carbocycles. The maximum Gasteiger partial charge on any atom is 0.225 e. The minimum Gasteiger partial charge on any atom is -0.342 e. The van der Waals surface area contributed by atoms with Crippen molar-refractivity contribution < 1.29 is 4.79 Å². The first kappa shape index (κ1) is 18.8. The van der Waals surface area contributed by atoms with E-state index in [0.29, 0.717) is 16.7 Å². The van der Waals surface area contributed by atoms with Crippen molar-refractivity contribution in [3.63, 3.8) is 0 Å². The molecule has 0 radical (unpaired) electrons. The third kappa shape index (κ3) is 6.60. The number of nitrogens with zero attached hydrogens (tertiary/aromatic N) is 1. The zero-order chi connectivity index (χ0) is 16.0. The van der Waals surface area contributed by atoms with Crippen molar-refractivity contribution >= 4 is 17.7 Å². The SMILES string of the molecule is CSC(C)(C)CC(C)NCC1CCN(C(=O)C(C)C)CC1. The predicted octanol–water partition coefficient (Wildman–Crippen LogP) is 3.39. The molecule has 1 fully saturated rings. The molecule has 0 aromatic rings. The van der Waals surface area contributed by atoms with E-state index in [1.165, 1.54) is 6.42 Å². The summed E-state index contributed by atoms with van der Waals surface area (Å²) in [6, 6.07) is 0.558. The molecule has 124 valence electrons. The Bertz CT molecular complexity index is 323. The van der Waals surface area contributed by atoms with Crippen molar-refractivity contribution in [1.29, 1.82) is 0 Å².